The van der Waals surface area contributed by atoms with Crippen LogP contribution in [0, 0.1) is 0 Å². The number of esters is 1. The van der Waals surface area contributed by atoms with Gasteiger partial charge in [-0.3, -0.25) is 4.57 Å². The van der Waals surface area contributed by atoms with Crippen molar-refractivity contribution in [3.8, 4) is 0 Å². The third kappa shape index (κ3) is 5.28. The number of carbonyl (C=O) groups is 1. The number of ether oxygens (including phenoxy) is 2. The van der Waals surface area contributed by atoms with Crippen molar-refractivity contribution in [2.24, 2.45) is 0 Å². The van der Waals surface area contributed by atoms with E-state index in [1.165, 1.54) is 6.92 Å². The van der Waals surface area contributed by atoms with E-state index >= 15 is 0 Å². The average Bonchev–Trinajstić information content (AvgIpc) is 2.94. The first-order valence-corrected chi connectivity index (χ1v) is 7.92. The van der Waals surface area contributed by atoms with Crippen LogP contribution in [0.2, 0.25) is 0 Å². The van der Waals surface area contributed by atoms with Gasteiger partial charge >= 0.3 is 17.8 Å². The number of alkyl halides is 3. The minimum Gasteiger partial charge on any atom is -0.463 e. The molecule has 0 amide bonds. The summed E-state index contributed by atoms with van der Waals surface area (Å²) in [6.45, 7) is 0.890. The molecule has 3 atom stereocenters. The molecule has 27 heavy (non-hydrogen) atoms. The molecule has 0 radical (unpaired) electrons. The topological polar surface area (TPSA) is 123 Å². The second kappa shape index (κ2) is 8.50. The highest BCUT2D eigenvalue weighted by molar-refractivity contribution is 5.83. The first-order chi connectivity index (χ1) is 12.7. The van der Waals surface area contributed by atoms with Gasteiger partial charge in [0.05, 0.1) is 25.4 Å². The maximum atomic E-state index is 13.0. The van der Waals surface area contributed by atoms with Gasteiger partial charge in [0.15, 0.2) is 0 Å². The summed E-state index contributed by atoms with van der Waals surface area (Å²) < 4.78 is 49.8. The van der Waals surface area contributed by atoms with Crippen molar-refractivity contribution in [1.82, 2.24) is 9.55 Å². The average molecular weight is 393 g/mol. The number of halogens is 3. The lowest BCUT2D eigenvalue weighted by Crippen LogP contribution is -2.29. The maximum absolute atomic E-state index is 13.0. The number of nitrogens with one attached hydrogen (secondary N) is 1. The molecule has 1 aliphatic rings. The van der Waals surface area contributed by atoms with Crippen molar-refractivity contribution >= 4 is 11.8 Å². The smallest absolute Gasteiger partial charge is 0.431 e. The fourth-order valence-electron chi connectivity index (χ4n) is 2.38. The quantitative estimate of drug-likeness (QED) is 0.466. The van der Waals surface area contributed by atoms with E-state index < -0.39 is 54.4 Å². The van der Waals surface area contributed by atoms with Crippen LogP contribution in [0.15, 0.2) is 28.8 Å². The lowest BCUT2D eigenvalue weighted by atomic mass is 10.2. The molecule has 2 rings (SSSR count). The fourth-order valence-corrected chi connectivity index (χ4v) is 2.38. The second-order valence-corrected chi connectivity index (χ2v) is 5.55. The van der Waals surface area contributed by atoms with Gasteiger partial charge in [0, 0.05) is 12.6 Å². The molecular weight excluding hydrogens is 375 g/mol. The molecule has 2 heterocycles. The van der Waals surface area contributed by atoms with Crippen LogP contribution < -0.4 is 11.0 Å². The Morgan fingerprint density at radius 1 is 1.56 bits per heavy atom. The summed E-state index contributed by atoms with van der Waals surface area (Å²) in [6.07, 6.45) is -6.32. The van der Waals surface area contributed by atoms with E-state index in [0.717, 1.165) is 16.8 Å². The highest BCUT2D eigenvalue weighted by atomic mass is 19.4. The molecule has 1 fully saturated rings. The number of aromatic nitrogens is 2. The molecule has 3 unspecified atom stereocenters. The normalized spacial score (nSPS) is 23.3. The predicted octanol–water partition coefficient (Wildman–Crippen LogP) is 0.305. The summed E-state index contributed by atoms with van der Waals surface area (Å²) in [5, 5.41) is 20.6. The van der Waals surface area contributed by atoms with Crippen molar-refractivity contribution in [3.05, 3.63) is 34.5 Å². The molecule has 1 saturated heterocycles. The number of rotatable bonds is 6. The Kier molecular flexibility index (Phi) is 6.57. The molecule has 1 aliphatic heterocycles. The lowest BCUT2D eigenvalue weighted by molar-refractivity contribution is -0.138. The Labute approximate surface area is 151 Å². The first-order valence-electron chi connectivity index (χ1n) is 7.92. The minimum absolute atomic E-state index is 0.0101. The fraction of sp³-hybridized carbons (Fsp3) is 0.533. The Balaban J connectivity index is 2.21. The number of nitrogens with zero attached hydrogens (tertiary/aromatic N) is 2. The van der Waals surface area contributed by atoms with Gasteiger partial charge in [0.1, 0.15) is 23.8 Å². The van der Waals surface area contributed by atoms with E-state index in [1.54, 1.807) is 0 Å². The summed E-state index contributed by atoms with van der Waals surface area (Å²) in [5.74, 6) is -1.64. The third-order valence-electron chi connectivity index (χ3n) is 3.64. The molecule has 0 spiro atoms. The number of allylic oxidation sites excluding steroid dienone is 1. The second-order valence-electron chi connectivity index (χ2n) is 5.55. The summed E-state index contributed by atoms with van der Waals surface area (Å²) in [6, 6.07) is 1.08. The SMILES string of the molecule is CCOC(=O)/C=C(/Nc1ccn(C2CC(O)C(CO)O2)c(=O)n1)C(F)(F)F. The summed E-state index contributed by atoms with van der Waals surface area (Å²) in [7, 11) is 0. The highest BCUT2D eigenvalue weighted by Crippen LogP contribution is 2.28. The summed E-state index contributed by atoms with van der Waals surface area (Å²) in [4.78, 5) is 26.8. The first kappa shape index (κ1) is 20.9. The zero-order valence-electron chi connectivity index (χ0n) is 14.1. The van der Waals surface area contributed by atoms with Gasteiger partial charge in [0.2, 0.25) is 0 Å². The van der Waals surface area contributed by atoms with Crippen molar-refractivity contribution < 1.29 is 37.7 Å². The van der Waals surface area contributed by atoms with Crippen molar-refractivity contribution in [2.45, 2.75) is 38.0 Å². The van der Waals surface area contributed by atoms with Crippen molar-refractivity contribution in [2.75, 3.05) is 18.5 Å². The lowest BCUT2D eigenvalue weighted by Gasteiger charge is -2.16. The van der Waals surface area contributed by atoms with E-state index in [2.05, 4.69) is 9.72 Å². The molecule has 0 aromatic carbocycles. The number of carbonyl (C=O) groups excluding carboxylic acids is 1. The van der Waals surface area contributed by atoms with Crippen LogP contribution in [-0.2, 0) is 14.3 Å². The standard InChI is InChI=1S/C15H18F3N3O6/c1-2-26-13(24)6-10(15(16,17)18)19-11-3-4-21(14(25)20-11)12-5-8(23)9(7-22)27-12/h3-4,6,8-9,12,22-23H,2,5,7H2,1H3,(H,19,20,25)/b10-6+. The minimum atomic E-state index is -4.91. The van der Waals surface area contributed by atoms with Crippen LogP contribution in [0.1, 0.15) is 19.6 Å². The van der Waals surface area contributed by atoms with Crippen LogP contribution in [0.3, 0.4) is 0 Å². The van der Waals surface area contributed by atoms with E-state index in [-0.39, 0.29) is 19.1 Å². The Bertz CT molecular complexity index is 764. The van der Waals surface area contributed by atoms with Crippen LogP contribution in [-0.4, -0.2) is 57.3 Å². The molecule has 0 saturated carbocycles. The summed E-state index contributed by atoms with van der Waals surface area (Å²) >= 11 is 0. The zero-order valence-corrected chi connectivity index (χ0v) is 14.1. The van der Waals surface area contributed by atoms with E-state index in [0.29, 0.717) is 0 Å². The summed E-state index contributed by atoms with van der Waals surface area (Å²) in [5.41, 5.74) is -2.38. The molecule has 12 heteroatoms. The van der Waals surface area contributed by atoms with Gasteiger partial charge in [-0.2, -0.15) is 18.2 Å². The molecule has 1 aromatic heterocycles. The maximum Gasteiger partial charge on any atom is 0.431 e. The number of anilines is 1. The predicted molar refractivity (Wildman–Crippen MR) is 84.5 cm³/mol. The van der Waals surface area contributed by atoms with Crippen LogP contribution in [0.4, 0.5) is 19.0 Å². The molecule has 150 valence electrons. The van der Waals surface area contributed by atoms with E-state index in [4.69, 9.17) is 9.84 Å². The number of aliphatic hydroxyl groups excluding tert-OH is 2. The molecule has 0 bridgehead atoms. The van der Waals surface area contributed by atoms with Gasteiger partial charge < -0.3 is 25.0 Å². The highest BCUT2D eigenvalue weighted by Gasteiger charge is 2.36. The molecule has 3 N–H and O–H groups in total. The Hall–Kier alpha value is -2.44. The third-order valence-corrected chi connectivity index (χ3v) is 3.64. The largest absolute Gasteiger partial charge is 0.463 e. The molecular formula is C15H18F3N3O6. The Morgan fingerprint density at radius 3 is 2.78 bits per heavy atom. The Morgan fingerprint density at radius 2 is 2.26 bits per heavy atom. The van der Waals surface area contributed by atoms with Gasteiger partial charge in [-0.1, -0.05) is 0 Å². The molecule has 9 nitrogen and oxygen atoms in total. The number of aliphatic hydroxyl groups is 2. The number of hydrogen-bond donors (Lipinski definition) is 3. The van der Waals surface area contributed by atoms with Crippen LogP contribution in [0.25, 0.3) is 0 Å². The zero-order chi connectivity index (χ0) is 20.2. The van der Waals surface area contributed by atoms with Crippen molar-refractivity contribution in [1.29, 1.82) is 0 Å². The molecule has 0 aliphatic carbocycles. The monoisotopic (exact) mass is 393 g/mol. The van der Waals surface area contributed by atoms with Gasteiger partial charge in [-0.25, -0.2) is 9.59 Å². The van der Waals surface area contributed by atoms with Gasteiger partial charge in [0.25, 0.3) is 0 Å². The van der Waals surface area contributed by atoms with E-state index in [9.17, 15) is 27.9 Å². The van der Waals surface area contributed by atoms with E-state index in [1.807, 2.05) is 5.32 Å². The molecule has 1 aromatic rings. The van der Waals surface area contributed by atoms with Crippen LogP contribution in [0.5, 0.6) is 0 Å². The van der Waals surface area contributed by atoms with Crippen molar-refractivity contribution in [3.63, 3.8) is 0 Å². The van der Waals surface area contributed by atoms with Gasteiger partial charge in [-0.15, -0.1) is 0 Å². The number of hydrogen-bond acceptors (Lipinski definition) is 8. The van der Waals surface area contributed by atoms with Gasteiger partial charge in [-0.05, 0) is 13.0 Å². The van der Waals surface area contributed by atoms with Crippen LogP contribution >= 0.6 is 0 Å².